The summed E-state index contributed by atoms with van der Waals surface area (Å²) in [7, 11) is 0. The van der Waals surface area contributed by atoms with Crippen LogP contribution in [-0.2, 0) is 16.0 Å². The van der Waals surface area contributed by atoms with Gasteiger partial charge in [-0.2, -0.15) is 0 Å². The lowest BCUT2D eigenvalue weighted by Crippen LogP contribution is -2.33. The van der Waals surface area contributed by atoms with Gasteiger partial charge in [0.05, 0.1) is 17.9 Å². The second kappa shape index (κ2) is 5.03. The summed E-state index contributed by atoms with van der Waals surface area (Å²) >= 11 is 0. The molecule has 6 nitrogen and oxygen atoms in total. The molecule has 0 aromatic heterocycles. The molecule has 0 saturated carbocycles. The molecule has 0 radical (unpaired) electrons. The van der Waals surface area contributed by atoms with Crippen LogP contribution in [0.4, 0.5) is 17.1 Å². The average Bonchev–Trinajstić information content (AvgIpc) is 2.62. The number of fused-ring (bicyclic) bond motifs is 1. The fourth-order valence-electron chi connectivity index (χ4n) is 2.72. The number of nitrogens with one attached hydrogen (secondary N) is 2. The summed E-state index contributed by atoms with van der Waals surface area (Å²) in [6.45, 7) is 1.83. The second-order valence-electron chi connectivity index (χ2n) is 5.24. The zero-order chi connectivity index (χ0) is 14.1. The van der Waals surface area contributed by atoms with Gasteiger partial charge in [-0.1, -0.05) is 0 Å². The van der Waals surface area contributed by atoms with Crippen LogP contribution in [0.2, 0.25) is 0 Å². The van der Waals surface area contributed by atoms with Crippen LogP contribution >= 0.6 is 0 Å². The minimum absolute atomic E-state index is 0.0212. The molecule has 0 spiro atoms. The summed E-state index contributed by atoms with van der Waals surface area (Å²) in [4.78, 5) is 25.1. The summed E-state index contributed by atoms with van der Waals surface area (Å²) in [5.41, 5.74) is 9.45. The number of amides is 2. The quantitative estimate of drug-likeness (QED) is 0.650. The number of nitrogens with zero attached hydrogens (tertiary/aromatic N) is 1. The van der Waals surface area contributed by atoms with Gasteiger partial charge in [-0.15, -0.1) is 0 Å². The van der Waals surface area contributed by atoms with Crippen molar-refractivity contribution in [2.75, 3.05) is 35.6 Å². The molecule has 0 bridgehead atoms. The minimum atomic E-state index is 0.0212. The number of carbonyl (C=O) groups is 2. The lowest BCUT2D eigenvalue weighted by Gasteiger charge is -2.26. The number of carbonyl (C=O) groups excluding carboxylic acids is 2. The highest BCUT2D eigenvalue weighted by Crippen LogP contribution is 2.33. The van der Waals surface area contributed by atoms with Gasteiger partial charge in [0.15, 0.2) is 0 Å². The van der Waals surface area contributed by atoms with Crippen molar-refractivity contribution < 1.29 is 9.59 Å². The van der Waals surface area contributed by atoms with Crippen LogP contribution in [0, 0.1) is 0 Å². The Kier molecular flexibility index (Phi) is 3.22. The topological polar surface area (TPSA) is 87.5 Å². The summed E-state index contributed by atoms with van der Waals surface area (Å²) in [5.74, 6) is 0.0479. The first-order valence-corrected chi connectivity index (χ1v) is 6.87. The molecule has 2 heterocycles. The van der Waals surface area contributed by atoms with Gasteiger partial charge in [-0.25, -0.2) is 0 Å². The third-order valence-corrected chi connectivity index (χ3v) is 3.75. The van der Waals surface area contributed by atoms with Crippen LogP contribution in [0.15, 0.2) is 12.1 Å². The monoisotopic (exact) mass is 274 g/mol. The van der Waals surface area contributed by atoms with E-state index in [4.69, 9.17) is 5.73 Å². The maximum absolute atomic E-state index is 11.7. The molecule has 2 aliphatic rings. The van der Waals surface area contributed by atoms with E-state index in [1.54, 1.807) is 6.07 Å². The van der Waals surface area contributed by atoms with Crippen LogP contribution in [0.5, 0.6) is 0 Å². The Balaban J connectivity index is 1.93. The van der Waals surface area contributed by atoms with Crippen molar-refractivity contribution in [3.63, 3.8) is 0 Å². The maximum atomic E-state index is 11.7. The Morgan fingerprint density at radius 2 is 2.00 bits per heavy atom. The van der Waals surface area contributed by atoms with Gasteiger partial charge in [-0.3, -0.25) is 9.59 Å². The zero-order valence-corrected chi connectivity index (χ0v) is 11.2. The largest absolute Gasteiger partial charge is 0.397 e. The predicted molar refractivity (Wildman–Crippen MR) is 77.6 cm³/mol. The van der Waals surface area contributed by atoms with E-state index >= 15 is 0 Å². The molecule has 0 atom stereocenters. The van der Waals surface area contributed by atoms with Crippen LogP contribution < -0.4 is 21.3 Å². The summed E-state index contributed by atoms with van der Waals surface area (Å²) in [5, 5.41) is 5.69. The molecule has 1 aromatic carbocycles. The molecule has 0 aliphatic carbocycles. The Hall–Kier alpha value is -2.24. The van der Waals surface area contributed by atoms with Gasteiger partial charge in [-0.05, 0) is 30.5 Å². The van der Waals surface area contributed by atoms with E-state index in [0.717, 1.165) is 29.9 Å². The van der Waals surface area contributed by atoms with Crippen LogP contribution in [0.3, 0.4) is 0 Å². The number of aryl methyl sites for hydroxylation is 1. The number of hydrogen-bond acceptors (Lipinski definition) is 4. The molecule has 20 heavy (non-hydrogen) atoms. The maximum Gasteiger partial charge on any atom is 0.239 e. The van der Waals surface area contributed by atoms with E-state index in [-0.39, 0.29) is 11.8 Å². The number of anilines is 3. The highest BCUT2D eigenvalue weighted by Gasteiger charge is 2.21. The van der Waals surface area contributed by atoms with Crippen LogP contribution in [0.25, 0.3) is 0 Å². The van der Waals surface area contributed by atoms with Crippen LogP contribution in [-0.4, -0.2) is 31.4 Å². The molecular weight excluding hydrogens is 256 g/mol. The molecule has 3 rings (SSSR count). The average molecular weight is 274 g/mol. The second-order valence-corrected chi connectivity index (χ2v) is 5.24. The van der Waals surface area contributed by atoms with Crippen LogP contribution in [0.1, 0.15) is 18.4 Å². The fourth-order valence-corrected chi connectivity index (χ4v) is 2.72. The number of benzene rings is 1. The van der Waals surface area contributed by atoms with Crippen molar-refractivity contribution in [3.8, 4) is 0 Å². The first-order chi connectivity index (χ1) is 9.63. The van der Waals surface area contributed by atoms with Crippen molar-refractivity contribution in [2.24, 2.45) is 0 Å². The molecule has 1 fully saturated rings. The zero-order valence-electron chi connectivity index (χ0n) is 11.2. The highest BCUT2D eigenvalue weighted by molar-refractivity contribution is 5.96. The first kappa shape index (κ1) is 12.8. The molecule has 4 N–H and O–H groups in total. The standard InChI is InChI=1S/C14H18N4O2/c15-10-7-11-9(2-3-13(19)17-11)6-12(10)18-5-1-4-16-14(20)8-18/h6-7H,1-5,8,15H2,(H,16,20)(H,17,19). The van der Waals surface area contributed by atoms with Crippen molar-refractivity contribution in [1.82, 2.24) is 5.32 Å². The van der Waals surface area contributed by atoms with Gasteiger partial charge in [0.25, 0.3) is 0 Å². The third kappa shape index (κ3) is 2.41. The summed E-state index contributed by atoms with van der Waals surface area (Å²) in [6, 6.07) is 3.80. The van der Waals surface area contributed by atoms with Crippen molar-refractivity contribution in [1.29, 1.82) is 0 Å². The van der Waals surface area contributed by atoms with Crippen molar-refractivity contribution in [3.05, 3.63) is 17.7 Å². The number of nitrogen functional groups attached to an aromatic ring is 1. The predicted octanol–water partition coefficient (Wildman–Crippen LogP) is 0.480. The lowest BCUT2D eigenvalue weighted by molar-refractivity contribution is -0.119. The Morgan fingerprint density at radius 1 is 1.15 bits per heavy atom. The van der Waals surface area contributed by atoms with E-state index in [0.29, 0.717) is 31.6 Å². The molecule has 106 valence electrons. The lowest BCUT2D eigenvalue weighted by atomic mass is 10.0. The summed E-state index contributed by atoms with van der Waals surface area (Å²) < 4.78 is 0. The smallest absolute Gasteiger partial charge is 0.239 e. The molecule has 2 amide bonds. The third-order valence-electron chi connectivity index (χ3n) is 3.75. The summed E-state index contributed by atoms with van der Waals surface area (Å²) in [6.07, 6.45) is 2.12. The highest BCUT2D eigenvalue weighted by atomic mass is 16.2. The SMILES string of the molecule is Nc1cc2c(cc1N1CCCNC(=O)C1)CCC(=O)N2. The Labute approximate surface area is 117 Å². The Bertz CT molecular complexity index is 571. The molecule has 1 saturated heterocycles. The van der Waals surface area contributed by atoms with Gasteiger partial charge in [0, 0.05) is 25.2 Å². The molecule has 2 aliphatic heterocycles. The van der Waals surface area contributed by atoms with Gasteiger partial charge in [0.2, 0.25) is 11.8 Å². The van der Waals surface area contributed by atoms with E-state index in [2.05, 4.69) is 10.6 Å². The minimum Gasteiger partial charge on any atom is -0.397 e. The fraction of sp³-hybridized carbons (Fsp3) is 0.429. The molecule has 0 unspecified atom stereocenters. The molecule has 1 aromatic rings. The van der Waals surface area contributed by atoms with Crippen molar-refractivity contribution >= 4 is 28.9 Å². The van der Waals surface area contributed by atoms with Gasteiger partial charge in [0.1, 0.15) is 0 Å². The van der Waals surface area contributed by atoms with Gasteiger partial charge < -0.3 is 21.3 Å². The Morgan fingerprint density at radius 3 is 2.85 bits per heavy atom. The number of hydrogen-bond donors (Lipinski definition) is 3. The number of nitrogens with two attached hydrogens (primary N) is 1. The van der Waals surface area contributed by atoms with E-state index < -0.39 is 0 Å². The first-order valence-electron chi connectivity index (χ1n) is 6.87. The van der Waals surface area contributed by atoms with Crippen molar-refractivity contribution in [2.45, 2.75) is 19.3 Å². The van der Waals surface area contributed by atoms with Gasteiger partial charge >= 0.3 is 0 Å². The van der Waals surface area contributed by atoms with E-state index in [1.807, 2.05) is 11.0 Å². The molecule has 6 heteroatoms. The normalized spacial score (nSPS) is 18.9. The number of rotatable bonds is 1. The van der Waals surface area contributed by atoms with E-state index in [1.165, 1.54) is 0 Å². The van der Waals surface area contributed by atoms with E-state index in [9.17, 15) is 9.59 Å². The molecular formula is C14H18N4O2.